The highest BCUT2D eigenvalue weighted by Crippen LogP contribution is 2.45. The van der Waals surface area contributed by atoms with Crippen molar-refractivity contribution in [1.29, 1.82) is 0 Å². The third-order valence-corrected chi connectivity index (χ3v) is 27.9. The van der Waals surface area contributed by atoms with Crippen molar-refractivity contribution in [3.05, 3.63) is 452 Å². The molecule has 0 fully saturated rings. The number of hydrogen-bond donors (Lipinski definition) is 0. The van der Waals surface area contributed by atoms with Gasteiger partial charge in [-0.15, -0.1) is 0 Å². The van der Waals surface area contributed by atoms with Crippen LogP contribution in [0.3, 0.4) is 0 Å². The van der Waals surface area contributed by atoms with Gasteiger partial charge < -0.3 is 40.4 Å². The standard InChI is InChI=1S/C26H17N3O.4C25H17NO/c1-16-7-6-8-18-19-15-17(13-14-24(19)30-25(16)18)28-22-11-4-5-12-23(22)29-21-10-3-2-9-20(21)27-26(28)29;1-16-14-17(15-21-20-10-4-7-13-24(20)27-25(16)21)26-22-11-5-2-8-18(22)19-9-3-6-12-23(19)26;1-16-7-6-10-20-21-15-17(13-14-24(21)27-25(16)20)26-22-11-4-2-8-18(22)19-9-3-5-12-23(19)26;1-16-13-14-24-20(15-16)19-9-6-12-23(25(19)27-24)26-21-10-4-2-7-17(21)18-8-3-5-11-22(18)26;1-16-10-12-23-20(14-16)18-6-2-4-8-22(18)26(23)17-11-13-25-21(15-17)19-7-3-5-9-24(19)27-25/h2-15H,1H3;4*2-15H,1H3. The lowest BCUT2D eigenvalue weighted by Gasteiger charge is -2.09. The molecule has 0 N–H and O–H groups in total. The summed E-state index contributed by atoms with van der Waals surface area (Å²) < 4.78 is 44.6. The van der Waals surface area contributed by atoms with Gasteiger partial charge in [0.1, 0.15) is 50.2 Å². The van der Waals surface area contributed by atoms with E-state index >= 15 is 0 Å². The van der Waals surface area contributed by atoms with Gasteiger partial charge in [0.25, 0.3) is 0 Å². The van der Waals surface area contributed by atoms with E-state index in [9.17, 15) is 0 Å². The van der Waals surface area contributed by atoms with Crippen LogP contribution in [0.5, 0.6) is 0 Å². The van der Waals surface area contributed by atoms with Crippen molar-refractivity contribution < 1.29 is 22.1 Å². The molecule has 0 aliphatic carbocycles. The van der Waals surface area contributed by atoms with Gasteiger partial charge in [-0.1, -0.05) is 260 Å². The molecule has 20 aromatic carbocycles. The fourth-order valence-corrected chi connectivity index (χ4v) is 21.7. The predicted octanol–water partition coefficient (Wildman–Crippen LogP) is 34.6. The van der Waals surface area contributed by atoms with Crippen molar-refractivity contribution in [3.8, 4) is 28.4 Å². The van der Waals surface area contributed by atoms with E-state index < -0.39 is 0 Å². The Kier molecular flexibility index (Phi) is 18.2. The number of imidazole rings is 2. The van der Waals surface area contributed by atoms with Gasteiger partial charge in [-0.2, -0.15) is 0 Å². The van der Waals surface area contributed by atoms with Crippen molar-refractivity contribution in [1.82, 2.24) is 32.2 Å². The summed E-state index contributed by atoms with van der Waals surface area (Å²) in [6.45, 7) is 10.6. The van der Waals surface area contributed by atoms with E-state index in [-0.39, 0.29) is 0 Å². The summed E-state index contributed by atoms with van der Waals surface area (Å²) >= 11 is 0. The molecule has 0 aliphatic heterocycles. The molecular weight excluding hydrogens is 1690 g/mol. The fraction of sp³-hybridized carbons (Fsp3) is 0.0397. The third-order valence-electron chi connectivity index (χ3n) is 27.9. The number of hydrogen-bond acceptors (Lipinski definition) is 6. The van der Waals surface area contributed by atoms with Crippen molar-refractivity contribution in [3.63, 3.8) is 0 Å². The molecule has 0 saturated carbocycles. The molecule has 0 spiro atoms. The monoisotopic (exact) mass is 1780 g/mol. The van der Waals surface area contributed by atoms with Crippen molar-refractivity contribution in [2.24, 2.45) is 0 Å². The van der Waals surface area contributed by atoms with E-state index in [4.69, 9.17) is 27.1 Å². The van der Waals surface area contributed by atoms with Gasteiger partial charge in [0.2, 0.25) is 5.78 Å². The normalized spacial score (nSPS) is 11.9. The van der Waals surface area contributed by atoms with Crippen LogP contribution in [-0.4, -0.2) is 32.2 Å². The summed E-state index contributed by atoms with van der Waals surface area (Å²) in [6, 6.07) is 149. The Morgan fingerprint density at radius 2 is 0.486 bits per heavy atom. The average Bonchev–Trinajstić information content (AvgIpc) is 1.59. The number of nitrogens with zero attached hydrogens (tertiary/aromatic N) is 7. The Balaban J connectivity index is 0.0000000871. The summed E-state index contributed by atoms with van der Waals surface area (Å²) in [4.78, 5) is 4.98. The SMILES string of the molecule is Cc1cc(-n2c3ccccc3c3ccccc32)cc2c1oc1ccccc12.Cc1ccc2c(c1)c1ccccc1n2-c1ccc2oc3ccccc3c2c1.Cc1ccc2oc3c(-n4c5ccccc5c5ccccc54)cccc3c2c1.Cc1cccc2c1oc1ccc(-n3c4ccccc4c4ccccc43)cc12.Cc1cccc2c1oc1ccc(-n3c4ccccc4n4c5ccccc5nc34)cc12. The Bertz CT molecular complexity index is 10300. The zero-order valence-electron chi connectivity index (χ0n) is 76.1. The Morgan fingerprint density at radius 1 is 0.174 bits per heavy atom. The molecule has 0 amide bonds. The second-order valence-electron chi connectivity index (χ2n) is 36.3. The number of aromatic nitrogens is 7. The summed E-state index contributed by atoms with van der Waals surface area (Å²) in [5.74, 6) is 0.917. The number of furan rings is 5. The van der Waals surface area contributed by atoms with Gasteiger partial charge in [-0.3, -0.25) is 8.97 Å². The topological polar surface area (TPSA) is 108 Å². The van der Waals surface area contributed by atoms with Crippen LogP contribution >= 0.6 is 0 Å². The summed E-state index contributed by atoms with van der Waals surface area (Å²) in [5.41, 5.74) is 35.2. The van der Waals surface area contributed by atoms with Crippen molar-refractivity contribution in [2.75, 3.05) is 0 Å². The summed E-state index contributed by atoms with van der Waals surface area (Å²) in [6.07, 6.45) is 0. The Hall–Kier alpha value is -18.1. The highest BCUT2D eigenvalue weighted by molar-refractivity contribution is 6.17. The van der Waals surface area contributed by atoms with Crippen LogP contribution in [-0.2, 0) is 0 Å². The van der Waals surface area contributed by atoms with Crippen molar-refractivity contribution >= 4 is 225 Å². The van der Waals surface area contributed by atoms with Crippen LogP contribution in [0.25, 0.3) is 253 Å². The van der Waals surface area contributed by atoms with Crippen LogP contribution in [0.2, 0.25) is 0 Å². The zero-order valence-corrected chi connectivity index (χ0v) is 76.1. The van der Waals surface area contributed by atoms with Crippen LogP contribution in [0.15, 0.2) is 447 Å². The molecule has 12 nitrogen and oxygen atoms in total. The molecule has 0 saturated heterocycles. The van der Waals surface area contributed by atoms with Crippen LogP contribution in [0.4, 0.5) is 0 Å². The highest BCUT2D eigenvalue weighted by atomic mass is 16.3. The lowest BCUT2D eigenvalue weighted by molar-refractivity contribution is 0.665. The van der Waals surface area contributed by atoms with Crippen LogP contribution < -0.4 is 0 Å². The van der Waals surface area contributed by atoms with Gasteiger partial charge >= 0.3 is 0 Å². The molecule has 31 rings (SSSR count). The third kappa shape index (κ3) is 12.6. The minimum absolute atomic E-state index is 0.907. The largest absolute Gasteiger partial charge is 0.456 e. The average molecular weight is 1780 g/mol. The predicted molar refractivity (Wildman–Crippen MR) is 573 cm³/mol. The maximum absolute atomic E-state index is 6.34. The maximum Gasteiger partial charge on any atom is 0.220 e. The van der Waals surface area contributed by atoms with Gasteiger partial charge in [-0.25, -0.2) is 4.98 Å². The van der Waals surface area contributed by atoms with E-state index in [2.05, 4.69) is 456 Å². The molecule has 11 aromatic heterocycles. The van der Waals surface area contributed by atoms with E-state index in [1.165, 1.54) is 131 Å². The van der Waals surface area contributed by atoms with Crippen molar-refractivity contribution in [2.45, 2.75) is 34.6 Å². The smallest absolute Gasteiger partial charge is 0.220 e. The number of para-hydroxylation sites is 16. The molecule has 0 bridgehead atoms. The molecule has 654 valence electrons. The second kappa shape index (κ2) is 31.5. The van der Waals surface area contributed by atoms with E-state index in [0.29, 0.717) is 0 Å². The zero-order chi connectivity index (χ0) is 91.6. The van der Waals surface area contributed by atoms with Crippen LogP contribution in [0.1, 0.15) is 27.8 Å². The summed E-state index contributed by atoms with van der Waals surface area (Å²) in [5, 5.41) is 21.8. The lowest BCUT2D eigenvalue weighted by Crippen LogP contribution is -1.94. The number of fused-ring (bicyclic) bond motifs is 32. The first-order valence-corrected chi connectivity index (χ1v) is 46.9. The van der Waals surface area contributed by atoms with E-state index in [1.807, 2.05) is 30.3 Å². The van der Waals surface area contributed by atoms with Gasteiger partial charge in [0.15, 0.2) is 5.58 Å². The first-order valence-electron chi connectivity index (χ1n) is 46.9. The van der Waals surface area contributed by atoms with Gasteiger partial charge in [0, 0.05) is 114 Å². The van der Waals surface area contributed by atoms with Gasteiger partial charge in [-0.05, 0) is 227 Å². The second-order valence-corrected chi connectivity index (χ2v) is 36.3. The number of benzene rings is 20. The minimum Gasteiger partial charge on any atom is -0.456 e. The molecule has 31 aromatic rings. The first-order chi connectivity index (χ1) is 68.0. The molecule has 12 heteroatoms. The quantitative estimate of drug-likeness (QED) is 0.170. The maximum atomic E-state index is 6.34. The molecule has 11 heterocycles. The first kappa shape index (κ1) is 79.6. The van der Waals surface area contributed by atoms with E-state index in [0.717, 1.165) is 150 Å². The molecule has 0 unspecified atom stereocenters. The molecule has 0 radical (unpaired) electrons. The molecule has 0 atom stereocenters. The Labute approximate surface area is 789 Å². The van der Waals surface area contributed by atoms with Crippen LogP contribution in [0, 0.1) is 34.6 Å². The molecular formula is C126H85N7O5. The molecule has 138 heavy (non-hydrogen) atoms. The van der Waals surface area contributed by atoms with E-state index in [1.54, 1.807) is 0 Å². The number of rotatable bonds is 5. The summed E-state index contributed by atoms with van der Waals surface area (Å²) in [7, 11) is 0. The lowest BCUT2D eigenvalue weighted by atomic mass is 10.1. The minimum atomic E-state index is 0.907. The highest BCUT2D eigenvalue weighted by Gasteiger charge is 2.25. The number of aryl methyl sites for hydroxylation is 5. The van der Waals surface area contributed by atoms with Gasteiger partial charge in [0.05, 0.1) is 77.6 Å². The Morgan fingerprint density at radius 3 is 0.993 bits per heavy atom. The molecule has 0 aliphatic rings. The fourth-order valence-electron chi connectivity index (χ4n) is 21.7.